The zero-order valence-corrected chi connectivity index (χ0v) is 13.5. The predicted octanol–water partition coefficient (Wildman–Crippen LogP) is 5.02. The third-order valence-corrected chi connectivity index (χ3v) is 3.93. The Kier molecular flexibility index (Phi) is 4.84. The summed E-state index contributed by atoms with van der Waals surface area (Å²) in [5.74, 6) is 0.820. The normalized spacial score (nSPS) is 10.2. The average Bonchev–Trinajstić information content (AvgIpc) is 3.03. The van der Waals surface area contributed by atoms with E-state index in [1.165, 1.54) is 5.56 Å². The van der Waals surface area contributed by atoms with E-state index in [0.717, 1.165) is 22.7 Å². The molecule has 0 atom stereocenters. The number of rotatable bonds is 6. The van der Waals surface area contributed by atoms with Crippen LogP contribution in [0.1, 0.15) is 11.3 Å². The largest absolute Gasteiger partial charge is 0.496 e. The summed E-state index contributed by atoms with van der Waals surface area (Å²) in [6, 6.07) is 22.2. The zero-order chi connectivity index (χ0) is 16.8. The minimum Gasteiger partial charge on any atom is -0.496 e. The molecule has 0 aliphatic rings. The van der Waals surface area contributed by atoms with Gasteiger partial charge in [-0.05, 0) is 35.4 Å². The Labute approximate surface area is 140 Å². The van der Waals surface area contributed by atoms with E-state index in [1.807, 2.05) is 54.6 Å². The zero-order valence-electron chi connectivity index (χ0n) is 13.5. The molecule has 3 aromatic rings. The van der Waals surface area contributed by atoms with Crippen molar-refractivity contribution in [1.82, 2.24) is 4.57 Å². The van der Waals surface area contributed by atoms with Gasteiger partial charge < -0.3 is 9.30 Å². The number of aromatic nitrogens is 1. The Morgan fingerprint density at radius 3 is 2.50 bits per heavy atom. The summed E-state index contributed by atoms with van der Waals surface area (Å²) in [5, 5.41) is 3.72. The third-order valence-electron chi connectivity index (χ3n) is 3.93. The molecule has 0 aliphatic heterocycles. The first-order chi connectivity index (χ1) is 11.8. The third kappa shape index (κ3) is 3.26. The molecule has 120 valence electrons. The molecule has 3 rings (SSSR count). The summed E-state index contributed by atoms with van der Waals surface area (Å²) >= 11 is 0. The molecule has 0 N–H and O–H groups in total. The van der Waals surface area contributed by atoms with Crippen LogP contribution in [0, 0.1) is 0 Å². The lowest BCUT2D eigenvalue weighted by molar-refractivity contribution is 0.416. The molecule has 0 fully saturated rings. The number of hydrogen-bond acceptors (Lipinski definition) is 2. The summed E-state index contributed by atoms with van der Waals surface area (Å²) < 4.78 is 7.67. The molecule has 0 radical (unpaired) electrons. The Morgan fingerprint density at radius 2 is 1.75 bits per heavy atom. The van der Waals surface area contributed by atoms with Crippen LogP contribution in [0.25, 0.3) is 21.7 Å². The number of azide groups is 1. The van der Waals surface area contributed by atoms with Gasteiger partial charge >= 0.3 is 0 Å². The van der Waals surface area contributed by atoms with Crippen molar-refractivity contribution in [3.8, 4) is 17.0 Å². The van der Waals surface area contributed by atoms with Gasteiger partial charge in [-0.2, -0.15) is 0 Å². The highest BCUT2D eigenvalue weighted by molar-refractivity contribution is 5.68. The highest BCUT2D eigenvalue weighted by atomic mass is 16.5. The second kappa shape index (κ2) is 7.40. The smallest absolute Gasteiger partial charge is 0.128 e. The van der Waals surface area contributed by atoms with Crippen LogP contribution in [0.2, 0.25) is 0 Å². The number of hydrogen-bond donors (Lipinski definition) is 0. The van der Waals surface area contributed by atoms with Gasteiger partial charge in [-0.3, -0.25) is 0 Å². The van der Waals surface area contributed by atoms with E-state index in [4.69, 9.17) is 10.3 Å². The van der Waals surface area contributed by atoms with Gasteiger partial charge in [0.05, 0.1) is 19.3 Å². The molecule has 0 unspecified atom stereocenters. The molecule has 5 nitrogen and oxygen atoms in total. The van der Waals surface area contributed by atoms with Crippen molar-refractivity contribution >= 4 is 0 Å². The first-order valence-electron chi connectivity index (χ1n) is 7.70. The summed E-state index contributed by atoms with van der Waals surface area (Å²) in [6.07, 6.45) is 0. The van der Waals surface area contributed by atoms with Crippen LogP contribution in [-0.4, -0.2) is 11.7 Å². The van der Waals surface area contributed by atoms with Crippen LogP contribution in [0.15, 0.2) is 71.8 Å². The minimum atomic E-state index is 0.318. The van der Waals surface area contributed by atoms with E-state index in [-0.39, 0.29) is 0 Å². The number of nitrogens with zero attached hydrogens (tertiary/aromatic N) is 4. The molecular formula is C19H18N4O. The Bertz CT molecular complexity index is 864. The van der Waals surface area contributed by atoms with Crippen LogP contribution < -0.4 is 4.74 Å². The summed E-state index contributed by atoms with van der Waals surface area (Å²) in [7, 11) is 1.67. The van der Waals surface area contributed by atoms with Gasteiger partial charge in [0, 0.05) is 22.7 Å². The molecule has 0 bridgehead atoms. The van der Waals surface area contributed by atoms with Crippen molar-refractivity contribution in [3.63, 3.8) is 0 Å². The maximum absolute atomic E-state index is 8.64. The van der Waals surface area contributed by atoms with Crippen molar-refractivity contribution in [2.45, 2.75) is 13.1 Å². The lowest BCUT2D eigenvalue weighted by Crippen LogP contribution is -2.06. The number of ether oxygens (including phenoxy) is 1. The molecule has 5 heteroatoms. The highest BCUT2D eigenvalue weighted by Crippen LogP contribution is 2.32. The van der Waals surface area contributed by atoms with Crippen molar-refractivity contribution in [3.05, 3.63) is 88.4 Å². The van der Waals surface area contributed by atoms with Crippen molar-refractivity contribution in [1.29, 1.82) is 0 Å². The number of methoxy groups -OCH3 is 1. The van der Waals surface area contributed by atoms with Crippen LogP contribution >= 0.6 is 0 Å². The lowest BCUT2D eigenvalue weighted by Gasteiger charge is -2.15. The van der Waals surface area contributed by atoms with Gasteiger partial charge in [-0.15, -0.1) is 0 Å². The van der Waals surface area contributed by atoms with Crippen molar-refractivity contribution in [2.75, 3.05) is 7.11 Å². The predicted molar refractivity (Wildman–Crippen MR) is 94.8 cm³/mol. The monoisotopic (exact) mass is 318 g/mol. The van der Waals surface area contributed by atoms with Gasteiger partial charge in [0.1, 0.15) is 5.75 Å². The molecule has 1 aromatic heterocycles. The first-order valence-corrected chi connectivity index (χ1v) is 7.70. The maximum atomic E-state index is 8.64. The van der Waals surface area contributed by atoms with E-state index in [9.17, 15) is 0 Å². The SMILES string of the molecule is COc1ccccc1-c1ccc(CN=[N+]=[N-])n1Cc1ccccc1. The second-order valence-corrected chi connectivity index (χ2v) is 5.37. The quantitative estimate of drug-likeness (QED) is 0.357. The van der Waals surface area contributed by atoms with E-state index in [2.05, 4.69) is 26.7 Å². The second-order valence-electron chi connectivity index (χ2n) is 5.37. The molecular weight excluding hydrogens is 300 g/mol. The Hall–Kier alpha value is -3.17. The molecule has 0 aliphatic carbocycles. The Morgan fingerprint density at radius 1 is 1.00 bits per heavy atom. The molecule has 0 saturated carbocycles. The van der Waals surface area contributed by atoms with Gasteiger partial charge in [0.2, 0.25) is 0 Å². The maximum Gasteiger partial charge on any atom is 0.128 e. The van der Waals surface area contributed by atoms with Crippen LogP contribution in [0.4, 0.5) is 0 Å². The molecule has 24 heavy (non-hydrogen) atoms. The van der Waals surface area contributed by atoms with E-state index < -0.39 is 0 Å². The van der Waals surface area contributed by atoms with Gasteiger partial charge in [-0.25, -0.2) is 0 Å². The standard InChI is InChI=1S/C19H18N4O/c1-24-19-10-6-5-9-17(19)18-12-11-16(13-21-22-20)23(18)14-15-7-3-2-4-8-15/h2-12H,13-14H2,1H3. The summed E-state index contributed by atoms with van der Waals surface area (Å²) in [5.41, 5.74) is 12.9. The van der Waals surface area contributed by atoms with Crippen molar-refractivity contribution < 1.29 is 4.74 Å². The van der Waals surface area contributed by atoms with Gasteiger partial charge in [0.15, 0.2) is 0 Å². The number of para-hydroxylation sites is 1. The number of benzene rings is 2. The summed E-state index contributed by atoms with van der Waals surface area (Å²) in [6.45, 7) is 1.02. The highest BCUT2D eigenvalue weighted by Gasteiger charge is 2.13. The van der Waals surface area contributed by atoms with Gasteiger partial charge in [-0.1, -0.05) is 47.6 Å². The van der Waals surface area contributed by atoms with Crippen LogP contribution in [0.5, 0.6) is 5.75 Å². The van der Waals surface area contributed by atoms with E-state index >= 15 is 0 Å². The molecule has 1 heterocycles. The molecule has 0 spiro atoms. The van der Waals surface area contributed by atoms with Crippen LogP contribution in [-0.2, 0) is 13.1 Å². The Balaban J connectivity index is 2.09. The average molecular weight is 318 g/mol. The van der Waals surface area contributed by atoms with E-state index in [1.54, 1.807) is 7.11 Å². The van der Waals surface area contributed by atoms with E-state index in [0.29, 0.717) is 13.1 Å². The molecule has 2 aromatic carbocycles. The molecule has 0 amide bonds. The first kappa shape index (κ1) is 15.7. The fourth-order valence-electron chi connectivity index (χ4n) is 2.80. The van der Waals surface area contributed by atoms with Crippen molar-refractivity contribution in [2.24, 2.45) is 5.11 Å². The molecule has 0 saturated heterocycles. The summed E-state index contributed by atoms with van der Waals surface area (Å²) in [4.78, 5) is 2.88. The van der Waals surface area contributed by atoms with Gasteiger partial charge in [0.25, 0.3) is 0 Å². The topological polar surface area (TPSA) is 62.9 Å². The fourth-order valence-corrected chi connectivity index (χ4v) is 2.80. The lowest BCUT2D eigenvalue weighted by atomic mass is 10.1. The fraction of sp³-hybridized carbons (Fsp3) is 0.158. The van der Waals surface area contributed by atoms with Crippen LogP contribution in [0.3, 0.4) is 0 Å². The minimum absolute atomic E-state index is 0.318.